The van der Waals surface area contributed by atoms with E-state index < -0.39 is 52.3 Å². The number of hydrogen-bond acceptors (Lipinski definition) is 1. The highest BCUT2D eigenvalue weighted by molar-refractivity contribution is 5.71. The smallest absolute Gasteiger partial charge is 0.429 e. The Morgan fingerprint density at radius 1 is 0.529 bits per heavy atom. The first kappa shape index (κ1) is 23.3. The van der Waals surface area contributed by atoms with Crippen molar-refractivity contribution in [3.63, 3.8) is 0 Å². The van der Waals surface area contributed by atoms with Crippen LogP contribution >= 0.6 is 0 Å². The molecule has 0 aliphatic rings. The monoisotopic (exact) mass is 480 g/mol. The van der Waals surface area contributed by atoms with Crippen LogP contribution in [0.25, 0.3) is 22.3 Å². The lowest BCUT2D eigenvalue weighted by Gasteiger charge is -2.20. The predicted octanol–water partition coefficient (Wildman–Crippen LogP) is 7.98. The molecule has 0 radical (unpaired) electrons. The zero-order chi connectivity index (χ0) is 24.6. The van der Waals surface area contributed by atoms with Crippen molar-refractivity contribution in [3.05, 3.63) is 113 Å². The molecule has 0 N–H and O–H groups in total. The summed E-state index contributed by atoms with van der Waals surface area (Å²) >= 11 is 0. The Bertz CT molecular complexity index is 1320. The first-order valence-corrected chi connectivity index (χ1v) is 9.63. The zero-order valence-electron chi connectivity index (χ0n) is 16.9. The van der Waals surface area contributed by atoms with Crippen molar-refractivity contribution in [3.8, 4) is 28.0 Å². The molecule has 0 unspecified atom stereocenters. The maximum absolute atomic E-state index is 14.7. The average Bonchev–Trinajstić information content (AvgIpc) is 2.77. The number of ether oxygens (including phenoxy) is 1. The van der Waals surface area contributed by atoms with Crippen LogP contribution in [0.5, 0.6) is 5.75 Å². The van der Waals surface area contributed by atoms with E-state index in [1.807, 2.05) is 0 Å². The second kappa shape index (κ2) is 8.81. The molecule has 0 saturated heterocycles. The Kier molecular flexibility index (Phi) is 6.03. The number of benzene rings is 4. The summed E-state index contributed by atoms with van der Waals surface area (Å²) in [6.07, 6.45) is -4.74. The number of halogens is 8. The Morgan fingerprint density at radius 3 is 1.65 bits per heavy atom. The van der Waals surface area contributed by atoms with Crippen LogP contribution in [0, 0.1) is 34.9 Å². The van der Waals surface area contributed by atoms with Crippen LogP contribution in [0.2, 0.25) is 0 Å². The van der Waals surface area contributed by atoms with E-state index >= 15 is 0 Å². The van der Waals surface area contributed by atoms with E-state index in [-0.39, 0.29) is 23.3 Å². The van der Waals surface area contributed by atoms with Gasteiger partial charge in [-0.05, 0) is 34.9 Å². The molecule has 0 bridgehead atoms. The maximum Gasteiger partial charge on any atom is 0.432 e. The van der Waals surface area contributed by atoms with E-state index in [4.69, 9.17) is 0 Å². The van der Waals surface area contributed by atoms with E-state index in [0.29, 0.717) is 23.3 Å². The predicted molar refractivity (Wildman–Crippen MR) is 108 cm³/mol. The third kappa shape index (κ3) is 4.46. The molecule has 0 fully saturated rings. The lowest BCUT2D eigenvalue weighted by Crippen LogP contribution is -2.25. The third-order valence-corrected chi connectivity index (χ3v) is 4.92. The molecule has 0 heterocycles. The summed E-state index contributed by atoms with van der Waals surface area (Å²) in [5.74, 6) is -11.3. The molecule has 0 saturated carbocycles. The van der Waals surface area contributed by atoms with E-state index in [9.17, 15) is 35.1 Å². The van der Waals surface area contributed by atoms with Gasteiger partial charge in [0.2, 0.25) is 0 Å². The minimum Gasteiger partial charge on any atom is -0.429 e. The minimum atomic E-state index is -4.74. The molecule has 0 aromatic heterocycles. The molecule has 0 aliphatic heterocycles. The summed E-state index contributed by atoms with van der Waals surface area (Å²) in [4.78, 5) is 0. The molecule has 9 heteroatoms. The Labute approximate surface area is 187 Å². The van der Waals surface area contributed by atoms with E-state index in [2.05, 4.69) is 4.74 Å². The average molecular weight is 480 g/mol. The largest absolute Gasteiger partial charge is 0.432 e. The van der Waals surface area contributed by atoms with Gasteiger partial charge < -0.3 is 4.74 Å². The van der Waals surface area contributed by atoms with Crippen molar-refractivity contribution < 1.29 is 39.9 Å². The lowest BCUT2D eigenvalue weighted by atomic mass is 9.98. The van der Waals surface area contributed by atoms with Crippen molar-refractivity contribution in [2.45, 2.75) is 6.11 Å². The van der Waals surface area contributed by atoms with Gasteiger partial charge in [-0.2, -0.15) is 8.78 Å². The van der Waals surface area contributed by atoms with Gasteiger partial charge in [-0.15, -0.1) is 0 Å². The van der Waals surface area contributed by atoms with Crippen molar-refractivity contribution in [1.29, 1.82) is 0 Å². The molecule has 0 amide bonds. The van der Waals surface area contributed by atoms with E-state index in [1.165, 1.54) is 12.1 Å². The fraction of sp³-hybridized carbons (Fsp3) is 0.0400. The quantitative estimate of drug-likeness (QED) is 0.208. The Balaban J connectivity index is 1.68. The van der Waals surface area contributed by atoms with Gasteiger partial charge >= 0.3 is 6.11 Å². The zero-order valence-corrected chi connectivity index (χ0v) is 16.9. The summed E-state index contributed by atoms with van der Waals surface area (Å²) in [7, 11) is 0. The number of rotatable bonds is 5. The molecule has 4 aromatic carbocycles. The standard InChI is InChI=1S/C25H12F8O/c26-18-8-14(13-4-2-1-3-5-13)6-7-17(18)15-9-19(27)23(20(28)10-15)25(32,33)34-16-11-21(29)24(31)22(30)12-16/h1-12H. The fourth-order valence-corrected chi connectivity index (χ4v) is 3.36. The molecule has 1 nitrogen and oxygen atoms in total. The van der Waals surface area contributed by atoms with E-state index in [0.717, 1.165) is 6.07 Å². The highest BCUT2D eigenvalue weighted by Crippen LogP contribution is 2.38. The van der Waals surface area contributed by atoms with Crippen LogP contribution in [-0.2, 0) is 6.11 Å². The first-order chi connectivity index (χ1) is 16.1. The summed E-state index contributed by atoms with van der Waals surface area (Å²) in [5, 5.41) is 0. The highest BCUT2D eigenvalue weighted by Gasteiger charge is 2.41. The summed E-state index contributed by atoms with van der Waals surface area (Å²) < 4.78 is 116. The Hall–Kier alpha value is -3.88. The van der Waals surface area contributed by atoms with Crippen LogP contribution in [0.3, 0.4) is 0 Å². The summed E-state index contributed by atoms with van der Waals surface area (Å²) in [6, 6.07) is 13.7. The van der Waals surface area contributed by atoms with Gasteiger partial charge in [0, 0.05) is 17.7 Å². The molecule has 0 aliphatic carbocycles. The van der Waals surface area contributed by atoms with Crippen LogP contribution < -0.4 is 4.74 Å². The lowest BCUT2D eigenvalue weighted by molar-refractivity contribution is -0.189. The number of alkyl halides is 2. The molecule has 0 atom stereocenters. The van der Waals surface area contributed by atoms with Crippen LogP contribution in [0.15, 0.2) is 72.8 Å². The molecular formula is C25H12F8O. The van der Waals surface area contributed by atoms with Crippen molar-refractivity contribution >= 4 is 0 Å². The summed E-state index contributed by atoms with van der Waals surface area (Å²) in [6.45, 7) is 0. The van der Waals surface area contributed by atoms with Gasteiger partial charge in [0.15, 0.2) is 17.5 Å². The molecular weight excluding hydrogens is 468 g/mol. The van der Waals surface area contributed by atoms with Gasteiger partial charge in [-0.1, -0.05) is 42.5 Å². The molecule has 34 heavy (non-hydrogen) atoms. The van der Waals surface area contributed by atoms with Gasteiger partial charge in [0.1, 0.15) is 28.8 Å². The van der Waals surface area contributed by atoms with Gasteiger partial charge in [0.25, 0.3) is 0 Å². The fourth-order valence-electron chi connectivity index (χ4n) is 3.36. The van der Waals surface area contributed by atoms with Crippen molar-refractivity contribution in [1.82, 2.24) is 0 Å². The van der Waals surface area contributed by atoms with Crippen molar-refractivity contribution in [2.75, 3.05) is 0 Å². The highest BCUT2D eigenvalue weighted by atomic mass is 19.3. The molecule has 4 aromatic rings. The molecule has 4 rings (SSSR count). The van der Waals surface area contributed by atoms with Crippen LogP contribution in [-0.4, -0.2) is 0 Å². The minimum absolute atomic E-state index is 0.0974. The van der Waals surface area contributed by atoms with Gasteiger partial charge in [0.05, 0.1) is 0 Å². The number of hydrogen-bond donors (Lipinski definition) is 0. The maximum atomic E-state index is 14.7. The second-order valence-electron chi connectivity index (χ2n) is 7.20. The van der Waals surface area contributed by atoms with Gasteiger partial charge in [-0.25, -0.2) is 26.3 Å². The van der Waals surface area contributed by atoms with E-state index in [1.54, 1.807) is 30.3 Å². The van der Waals surface area contributed by atoms with Crippen LogP contribution in [0.4, 0.5) is 35.1 Å². The molecule has 0 spiro atoms. The third-order valence-electron chi connectivity index (χ3n) is 4.92. The first-order valence-electron chi connectivity index (χ1n) is 9.63. The normalized spacial score (nSPS) is 11.5. The Morgan fingerprint density at radius 2 is 1.09 bits per heavy atom. The van der Waals surface area contributed by atoms with Gasteiger partial charge in [-0.3, -0.25) is 0 Å². The SMILES string of the molecule is Fc1cc(-c2ccccc2)ccc1-c1cc(F)c(C(F)(F)Oc2cc(F)c(F)c(F)c2)c(F)c1. The van der Waals surface area contributed by atoms with Crippen molar-refractivity contribution in [2.24, 2.45) is 0 Å². The van der Waals surface area contributed by atoms with Crippen LogP contribution in [0.1, 0.15) is 5.56 Å². The second-order valence-corrected chi connectivity index (χ2v) is 7.20. The summed E-state index contributed by atoms with van der Waals surface area (Å²) in [5.41, 5.74) is -1.33. The molecule has 174 valence electrons. The topological polar surface area (TPSA) is 9.23 Å².